The lowest BCUT2D eigenvalue weighted by molar-refractivity contribution is -0.356. The van der Waals surface area contributed by atoms with Crippen LogP contribution in [-0.2, 0) is 14.9 Å². The van der Waals surface area contributed by atoms with Crippen LogP contribution in [0.4, 0.5) is 26.3 Å². The summed E-state index contributed by atoms with van der Waals surface area (Å²) in [5.74, 6) is -5.30. The van der Waals surface area contributed by atoms with Crippen molar-refractivity contribution < 1.29 is 48.8 Å². The van der Waals surface area contributed by atoms with E-state index in [0.29, 0.717) is 12.4 Å². The van der Waals surface area contributed by atoms with Crippen molar-refractivity contribution in [2.45, 2.75) is 18.0 Å². The Kier molecular flexibility index (Phi) is 4.91. The third-order valence-corrected chi connectivity index (χ3v) is 3.11. The van der Waals surface area contributed by atoms with Gasteiger partial charge in [0.05, 0.1) is 15.9 Å². The smallest absolute Gasteiger partial charge is 0.438 e. The number of aromatic nitrogens is 2. The molecule has 0 unspecified atom stereocenters. The molecule has 1 aromatic heterocycles. The number of alkyl halides is 6. The van der Waals surface area contributed by atoms with Crippen molar-refractivity contribution in [3.05, 3.63) is 24.3 Å². The molecule has 0 saturated heterocycles. The van der Waals surface area contributed by atoms with E-state index in [-0.39, 0.29) is 0 Å². The molecule has 0 radical (unpaired) electrons. The summed E-state index contributed by atoms with van der Waals surface area (Å²) in [6.07, 6.45) is -11.4. The minimum Gasteiger partial charge on any atom is -0.748 e. The number of nitrogens with zero attached hydrogens (tertiary/aromatic N) is 2. The summed E-state index contributed by atoms with van der Waals surface area (Å²) in [4.78, 5) is 17.8. The zero-order valence-electron chi connectivity index (χ0n) is 10.6. The van der Waals surface area contributed by atoms with Crippen LogP contribution in [-0.4, -0.2) is 52.6 Å². The van der Waals surface area contributed by atoms with E-state index < -0.39 is 45.5 Å². The highest BCUT2D eigenvalue weighted by Gasteiger charge is 2.75. The summed E-state index contributed by atoms with van der Waals surface area (Å²) in [5.41, 5.74) is -6.52. The van der Waals surface area contributed by atoms with Crippen LogP contribution in [0.15, 0.2) is 18.6 Å². The predicted molar refractivity (Wildman–Crippen MR) is 56.9 cm³/mol. The first kappa shape index (κ1) is 19.1. The van der Waals surface area contributed by atoms with Crippen molar-refractivity contribution in [2.75, 3.05) is 5.75 Å². The number of carbonyl (C=O) groups is 1. The molecule has 130 valence electrons. The van der Waals surface area contributed by atoms with E-state index in [1.807, 2.05) is 0 Å². The van der Waals surface area contributed by atoms with Crippen LogP contribution in [0.3, 0.4) is 0 Å². The van der Waals surface area contributed by atoms with E-state index in [0.717, 1.165) is 6.20 Å². The number of rotatable bonds is 4. The first-order valence-corrected chi connectivity index (χ1v) is 6.84. The quantitative estimate of drug-likeness (QED) is 0.444. The van der Waals surface area contributed by atoms with Gasteiger partial charge in [0.25, 0.3) is 0 Å². The van der Waals surface area contributed by atoms with Crippen molar-refractivity contribution in [3.63, 3.8) is 0 Å². The van der Waals surface area contributed by atoms with Crippen LogP contribution in [0.2, 0.25) is 0 Å². The number of carbonyl (C=O) groups excluding carboxylic acids is 1. The third-order valence-electron chi connectivity index (χ3n) is 2.35. The highest BCUT2D eigenvalue weighted by Crippen LogP contribution is 2.47. The van der Waals surface area contributed by atoms with E-state index in [1.165, 1.54) is 0 Å². The molecule has 1 aromatic rings. The zero-order valence-corrected chi connectivity index (χ0v) is 11.4. The Morgan fingerprint density at radius 1 is 1.17 bits per heavy atom. The van der Waals surface area contributed by atoms with E-state index in [4.69, 9.17) is 0 Å². The van der Waals surface area contributed by atoms with Gasteiger partial charge in [-0.25, -0.2) is 23.2 Å². The number of esters is 1. The Balaban J connectivity index is 3.42. The second-order valence-corrected chi connectivity index (χ2v) is 5.41. The van der Waals surface area contributed by atoms with E-state index in [1.54, 1.807) is 0 Å². The maximum atomic E-state index is 12.8. The van der Waals surface area contributed by atoms with Crippen LogP contribution >= 0.6 is 0 Å². The van der Waals surface area contributed by atoms with Gasteiger partial charge >= 0.3 is 23.9 Å². The Hall–Kier alpha value is -1.96. The lowest BCUT2D eigenvalue weighted by Gasteiger charge is -2.36. The molecule has 23 heavy (non-hydrogen) atoms. The monoisotopic (exact) mass is 367 g/mol. The average molecular weight is 367 g/mol. The molecule has 0 aliphatic heterocycles. The van der Waals surface area contributed by atoms with E-state index in [2.05, 4.69) is 14.7 Å². The van der Waals surface area contributed by atoms with Gasteiger partial charge in [-0.3, -0.25) is 0 Å². The second-order valence-electron chi connectivity index (χ2n) is 4.01. The fraction of sp³-hybridized carbons (Fsp3) is 0.444. The maximum absolute atomic E-state index is 12.8. The van der Waals surface area contributed by atoms with Crippen molar-refractivity contribution >= 4 is 16.1 Å². The highest BCUT2D eigenvalue weighted by molar-refractivity contribution is 7.85. The third kappa shape index (κ3) is 4.28. The van der Waals surface area contributed by atoms with Gasteiger partial charge in [-0.15, -0.1) is 0 Å². The Labute approximate surface area is 124 Å². The average Bonchev–Trinajstić information content (AvgIpc) is 2.34. The predicted octanol–water partition coefficient (Wildman–Crippen LogP) is 1.04. The molecule has 14 heteroatoms. The largest absolute Gasteiger partial charge is 0.748 e. The molecular formula is C9H5F6N2O5S-. The summed E-state index contributed by atoms with van der Waals surface area (Å²) < 4.78 is 112. The first-order chi connectivity index (χ1) is 10.2. The minimum atomic E-state index is -6.43. The molecule has 0 saturated carbocycles. The maximum Gasteiger partial charge on any atom is 0.438 e. The van der Waals surface area contributed by atoms with E-state index in [9.17, 15) is 44.1 Å². The van der Waals surface area contributed by atoms with Gasteiger partial charge < -0.3 is 9.29 Å². The van der Waals surface area contributed by atoms with Gasteiger partial charge in [0.1, 0.15) is 6.33 Å². The van der Waals surface area contributed by atoms with Gasteiger partial charge in [-0.05, 0) is 6.07 Å². The van der Waals surface area contributed by atoms with Crippen molar-refractivity contribution in [3.8, 4) is 0 Å². The zero-order chi connectivity index (χ0) is 18.1. The van der Waals surface area contributed by atoms with Gasteiger partial charge in [0, 0.05) is 6.20 Å². The Morgan fingerprint density at radius 2 is 1.70 bits per heavy atom. The fourth-order valence-corrected chi connectivity index (χ4v) is 2.22. The first-order valence-electron chi connectivity index (χ1n) is 5.26. The molecular weight excluding hydrogens is 362 g/mol. The summed E-state index contributed by atoms with van der Waals surface area (Å²) in [6.45, 7) is 0. The summed E-state index contributed by atoms with van der Waals surface area (Å²) in [6, 6.07) is 0.630. The standard InChI is InChI=1S/C9H6F6N2O5S/c10-8(11,12)7(9(13,14)15,3-23(19,20)21)22-6(18)5-1-2-16-4-17-5/h1-2,4H,3H2,(H,19,20,21)/p-1. The summed E-state index contributed by atoms with van der Waals surface area (Å²) in [7, 11) is -6.08. The fourth-order valence-electron chi connectivity index (χ4n) is 1.34. The Morgan fingerprint density at radius 3 is 2.04 bits per heavy atom. The molecule has 0 atom stereocenters. The Bertz CT molecular complexity index is 658. The van der Waals surface area contributed by atoms with Gasteiger partial charge in [0.15, 0.2) is 5.69 Å². The SMILES string of the molecule is O=C(OC(CS(=O)(=O)[O-])(C(F)(F)F)C(F)(F)F)c1ccncn1. The highest BCUT2D eigenvalue weighted by atomic mass is 32.2. The van der Waals surface area contributed by atoms with Crippen molar-refractivity contribution in [1.29, 1.82) is 0 Å². The normalized spacial score (nSPS) is 13.7. The summed E-state index contributed by atoms with van der Waals surface area (Å²) >= 11 is 0. The number of hydrogen-bond donors (Lipinski definition) is 0. The second kappa shape index (κ2) is 5.92. The molecule has 0 N–H and O–H groups in total. The molecule has 0 spiro atoms. The molecule has 1 heterocycles. The van der Waals surface area contributed by atoms with Gasteiger partial charge in [-0.1, -0.05) is 0 Å². The molecule has 0 amide bonds. The number of halogens is 6. The molecule has 0 aliphatic rings. The van der Waals surface area contributed by atoms with Crippen LogP contribution in [0.1, 0.15) is 10.5 Å². The van der Waals surface area contributed by atoms with Crippen LogP contribution in [0, 0.1) is 0 Å². The van der Waals surface area contributed by atoms with Crippen molar-refractivity contribution in [2.24, 2.45) is 0 Å². The van der Waals surface area contributed by atoms with Gasteiger partial charge in [0.2, 0.25) is 0 Å². The number of hydrogen-bond acceptors (Lipinski definition) is 7. The molecule has 7 nitrogen and oxygen atoms in total. The molecule has 0 aromatic carbocycles. The van der Waals surface area contributed by atoms with Crippen molar-refractivity contribution in [1.82, 2.24) is 9.97 Å². The van der Waals surface area contributed by atoms with Gasteiger partial charge in [-0.2, -0.15) is 26.3 Å². The number of ether oxygens (including phenoxy) is 1. The topological polar surface area (TPSA) is 109 Å². The molecule has 0 aliphatic carbocycles. The van der Waals surface area contributed by atoms with E-state index >= 15 is 0 Å². The molecule has 1 rings (SSSR count). The molecule has 0 bridgehead atoms. The lowest BCUT2D eigenvalue weighted by atomic mass is 10.1. The van der Waals surface area contributed by atoms with Crippen LogP contribution in [0.5, 0.6) is 0 Å². The van der Waals surface area contributed by atoms with Crippen LogP contribution < -0.4 is 0 Å². The minimum absolute atomic E-state index is 0.629. The summed E-state index contributed by atoms with van der Waals surface area (Å²) in [5, 5.41) is 0. The lowest BCUT2D eigenvalue weighted by Crippen LogP contribution is -2.63. The van der Waals surface area contributed by atoms with Crippen LogP contribution in [0.25, 0.3) is 0 Å². The molecule has 0 fully saturated rings.